The van der Waals surface area contributed by atoms with Crippen molar-refractivity contribution in [3.63, 3.8) is 0 Å². The number of aryl methyl sites for hydroxylation is 1. The molecule has 0 radical (unpaired) electrons. The van der Waals surface area contributed by atoms with E-state index in [9.17, 15) is 9.59 Å². The number of carbonyl (C=O) groups is 2. The Labute approximate surface area is 170 Å². The number of carbonyl (C=O) groups excluding carboxylic acids is 2. The summed E-state index contributed by atoms with van der Waals surface area (Å²) < 4.78 is 5.09. The van der Waals surface area contributed by atoms with Crippen molar-refractivity contribution in [2.24, 2.45) is 0 Å². The van der Waals surface area contributed by atoms with Gasteiger partial charge in [-0.05, 0) is 36.6 Å². The van der Waals surface area contributed by atoms with Gasteiger partial charge in [-0.1, -0.05) is 60.5 Å². The number of hydrogen-bond acceptors (Lipinski definition) is 3. The van der Waals surface area contributed by atoms with Gasteiger partial charge in [0.1, 0.15) is 0 Å². The van der Waals surface area contributed by atoms with Crippen LogP contribution in [0.3, 0.4) is 0 Å². The van der Waals surface area contributed by atoms with Gasteiger partial charge in [0, 0.05) is 23.1 Å². The van der Waals surface area contributed by atoms with Crippen LogP contribution in [-0.4, -0.2) is 23.9 Å². The van der Waals surface area contributed by atoms with Crippen LogP contribution in [0.25, 0.3) is 0 Å². The highest BCUT2D eigenvalue weighted by molar-refractivity contribution is 6.30. The van der Waals surface area contributed by atoms with E-state index in [2.05, 4.69) is 0 Å². The van der Waals surface area contributed by atoms with Gasteiger partial charge in [-0.25, -0.2) is 4.79 Å². The number of allylic oxidation sites excluding steroid dienone is 1. The smallest absolute Gasteiger partial charge is 0.336 e. The van der Waals surface area contributed by atoms with Crippen LogP contribution >= 0.6 is 11.6 Å². The number of methoxy groups -OCH3 is 1. The summed E-state index contributed by atoms with van der Waals surface area (Å²) in [5, 5.41) is 0.617. The van der Waals surface area contributed by atoms with Gasteiger partial charge in [-0.2, -0.15) is 0 Å². The lowest BCUT2D eigenvalue weighted by molar-refractivity contribution is -0.138. The van der Waals surface area contributed by atoms with E-state index >= 15 is 0 Å². The number of rotatable bonds is 5. The van der Waals surface area contributed by atoms with Crippen molar-refractivity contribution >= 4 is 23.5 Å². The first kappa shape index (κ1) is 20.2. The number of amides is 1. The van der Waals surface area contributed by atoms with Crippen LogP contribution < -0.4 is 0 Å². The lowest BCUT2D eigenvalue weighted by atomic mass is 9.82. The highest BCUT2D eigenvalue weighted by Crippen LogP contribution is 2.39. The molecule has 146 valence electrons. The molecule has 0 N–H and O–H groups in total. The Balaban J connectivity index is 2.05. The van der Waals surface area contributed by atoms with Crippen molar-refractivity contribution in [3.05, 3.63) is 81.5 Å². The molecule has 0 unspecified atom stereocenters. The largest absolute Gasteiger partial charge is 0.466 e. The second-order valence-corrected chi connectivity index (χ2v) is 7.42. The van der Waals surface area contributed by atoms with Gasteiger partial charge in [0.05, 0.1) is 19.2 Å². The van der Waals surface area contributed by atoms with Crippen molar-refractivity contribution in [2.75, 3.05) is 7.11 Å². The zero-order valence-corrected chi connectivity index (χ0v) is 17.1. The van der Waals surface area contributed by atoms with Gasteiger partial charge < -0.3 is 9.64 Å². The summed E-state index contributed by atoms with van der Waals surface area (Å²) in [5.41, 5.74) is 4.36. The van der Waals surface area contributed by atoms with E-state index in [-0.39, 0.29) is 18.2 Å². The van der Waals surface area contributed by atoms with Crippen LogP contribution in [0.15, 0.2) is 59.8 Å². The number of esters is 1. The number of ether oxygens (including phenoxy) is 1. The zero-order chi connectivity index (χ0) is 20.3. The molecule has 0 aliphatic carbocycles. The van der Waals surface area contributed by atoms with Gasteiger partial charge in [-0.3, -0.25) is 4.79 Å². The standard InChI is InChI=1S/C23H24ClNO3/c1-4-20-22(23(27)28-3)19(17-9-11-18(24)12-10-17)13-21(26)25(20)14-16-7-5-15(2)6-8-16/h5-12,19H,4,13-14H2,1-3H3/t19-/m0/s1. The highest BCUT2D eigenvalue weighted by Gasteiger charge is 2.37. The first-order valence-electron chi connectivity index (χ1n) is 9.37. The molecular weight excluding hydrogens is 374 g/mol. The number of nitrogens with zero attached hydrogens (tertiary/aromatic N) is 1. The molecule has 3 rings (SSSR count). The van der Waals surface area contributed by atoms with Crippen LogP contribution in [0.4, 0.5) is 0 Å². The Morgan fingerprint density at radius 3 is 2.36 bits per heavy atom. The van der Waals surface area contributed by atoms with Crippen LogP contribution in [-0.2, 0) is 20.9 Å². The molecular formula is C23H24ClNO3. The summed E-state index contributed by atoms with van der Waals surface area (Å²) in [6.07, 6.45) is 0.785. The van der Waals surface area contributed by atoms with Crippen LogP contribution in [0.2, 0.25) is 5.02 Å². The molecule has 2 aromatic rings. The second-order valence-electron chi connectivity index (χ2n) is 6.98. The van der Waals surface area contributed by atoms with E-state index in [0.717, 1.165) is 22.4 Å². The van der Waals surface area contributed by atoms with Gasteiger partial charge >= 0.3 is 5.97 Å². The Morgan fingerprint density at radius 2 is 1.79 bits per heavy atom. The van der Waals surface area contributed by atoms with E-state index in [1.807, 2.05) is 50.2 Å². The molecule has 2 aromatic carbocycles. The van der Waals surface area contributed by atoms with Crippen molar-refractivity contribution in [2.45, 2.75) is 39.2 Å². The molecule has 0 aromatic heterocycles. The van der Waals surface area contributed by atoms with E-state index < -0.39 is 5.97 Å². The Hall–Kier alpha value is -2.59. The molecule has 1 atom stereocenters. The molecule has 4 nitrogen and oxygen atoms in total. The predicted octanol–water partition coefficient (Wildman–Crippen LogP) is 5.00. The summed E-state index contributed by atoms with van der Waals surface area (Å²) in [6.45, 7) is 4.42. The van der Waals surface area contributed by atoms with E-state index in [1.54, 1.807) is 17.0 Å². The maximum Gasteiger partial charge on any atom is 0.336 e. The van der Waals surface area contributed by atoms with Crippen LogP contribution in [0.5, 0.6) is 0 Å². The van der Waals surface area contributed by atoms with Gasteiger partial charge in [0.15, 0.2) is 0 Å². The number of benzene rings is 2. The van der Waals surface area contributed by atoms with Gasteiger partial charge in [0.25, 0.3) is 0 Å². The third-order valence-corrected chi connectivity index (χ3v) is 5.39. The molecule has 28 heavy (non-hydrogen) atoms. The van der Waals surface area contributed by atoms with E-state index in [1.165, 1.54) is 7.11 Å². The first-order chi connectivity index (χ1) is 13.4. The van der Waals surface area contributed by atoms with Crippen molar-refractivity contribution in [1.29, 1.82) is 0 Å². The fourth-order valence-electron chi connectivity index (χ4n) is 3.67. The summed E-state index contributed by atoms with van der Waals surface area (Å²) in [6, 6.07) is 15.4. The van der Waals surface area contributed by atoms with E-state index in [4.69, 9.17) is 16.3 Å². The predicted molar refractivity (Wildman–Crippen MR) is 110 cm³/mol. The molecule has 0 bridgehead atoms. The maximum atomic E-state index is 13.1. The SMILES string of the molecule is CCC1=C(C(=O)OC)[C@H](c2ccc(Cl)cc2)CC(=O)N1Cc1ccc(C)cc1. The third-order valence-electron chi connectivity index (χ3n) is 5.14. The Kier molecular flexibility index (Phi) is 6.20. The Morgan fingerprint density at radius 1 is 1.14 bits per heavy atom. The molecule has 1 aliphatic rings. The highest BCUT2D eigenvalue weighted by atomic mass is 35.5. The van der Waals surface area contributed by atoms with Crippen LogP contribution in [0, 0.1) is 6.92 Å². The normalized spacial score (nSPS) is 17.1. The lowest BCUT2D eigenvalue weighted by Gasteiger charge is -2.35. The van der Waals surface area contributed by atoms with Crippen molar-refractivity contribution < 1.29 is 14.3 Å². The van der Waals surface area contributed by atoms with Crippen molar-refractivity contribution in [1.82, 2.24) is 4.90 Å². The number of halogens is 1. The van der Waals surface area contributed by atoms with Crippen molar-refractivity contribution in [3.8, 4) is 0 Å². The summed E-state index contributed by atoms with van der Waals surface area (Å²) in [7, 11) is 1.38. The molecule has 5 heteroatoms. The van der Waals surface area contributed by atoms with Crippen LogP contribution in [0.1, 0.15) is 42.4 Å². The average molecular weight is 398 g/mol. The monoisotopic (exact) mass is 397 g/mol. The summed E-state index contributed by atoms with van der Waals surface area (Å²) >= 11 is 6.01. The quantitative estimate of drug-likeness (QED) is 0.667. The minimum absolute atomic E-state index is 0.00466. The third kappa shape index (κ3) is 4.12. The molecule has 0 fully saturated rings. The molecule has 1 aliphatic heterocycles. The van der Waals surface area contributed by atoms with E-state index in [0.29, 0.717) is 23.6 Å². The minimum Gasteiger partial charge on any atom is -0.466 e. The zero-order valence-electron chi connectivity index (χ0n) is 16.4. The topological polar surface area (TPSA) is 46.6 Å². The fourth-order valence-corrected chi connectivity index (χ4v) is 3.80. The second kappa shape index (κ2) is 8.61. The first-order valence-corrected chi connectivity index (χ1v) is 9.75. The molecule has 0 saturated carbocycles. The minimum atomic E-state index is -0.391. The Bertz CT molecular complexity index is 900. The molecule has 1 amide bonds. The molecule has 0 spiro atoms. The maximum absolute atomic E-state index is 13.1. The summed E-state index contributed by atoms with van der Waals surface area (Å²) in [5.74, 6) is -0.718. The lowest BCUT2D eigenvalue weighted by Crippen LogP contribution is -2.38. The molecule has 1 heterocycles. The summed E-state index contributed by atoms with van der Waals surface area (Å²) in [4.78, 5) is 27.5. The molecule has 0 saturated heterocycles. The van der Waals surface area contributed by atoms with Gasteiger partial charge in [-0.15, -0.1) is 0 Å². The fraction of sp³-hybridized carbons (Fsp3) is 0.304. The number of hydrogen-bond donors (Lipinski definition) is 0. The average Bonchev–Trinajstić information content (AvgIpc) is 2.70. The van der Waals surface area contributed by atoms with Gasteiger partial charge in [0.2, 0.25) is 5.91 Å².